The van der Waals surface area contributed by atoms with Gasteiger partial charge in [-0.15, -0.1) is 0 Å². The molecule has 1 rings (SSSR count). The van der Waals surface area contributed by atoms with E-state index in [0.717, 1.165) is 0 Å². The maximum atomic E-state index is 10.7. The summed E-state index contributed by atoms with van der Waals surface area (Å²) in [6.45, 7) is 1.74. The Hall–Kier alpha value is -0.870. The SMILES string of the molecule is CC=CC(O)C1OC(=O)CC1O. The predicted molar refractivity (Wildman–Crippen MR) is 41.3 cm³/mol. The molecule has 0 aromatic heterocycles. The van der Waals surface area contributed by atoms with Gasteiger partial charge < -0.3 is 14.9 Å². The Morgan fingerprint density at radius 3 is 2.83 bits per heavy atom. The van der Waals surface area contributed by atoms with E-state index in [9.17, 15) is 15.0 Å². The Morgan fingerprint density at radius 1 is 1.75 bits per heavy atom. The first kappa shape index (κ1) is 9.22. The van der Waals surface area contributed by atoms with Crippen molar-refractivity contribution in [3.8, 4) is 0 Å². The number of aliphatic hydroxyl groups is 2. The van der Waals surface area contributed by atoms with E-state index in [0.29, 0.717) is 0 Å². The Kier molecular flexibility index (Phi) is 2.83. The van der Waals surface area contributed by atoms with Crippen molar-refractivity contribution in [1.29, 1.82) is 0 Å². The van der Waals surface area contributed by atoms with Crippen LogP contribution in [0.1, 0.15) is 13.3 Å². The van der Waals surface area contributed by atoms with E-state index in [1.165, 1.54) is 6.08 Å². The molecule has 1 saturated heterocycles. The second-order valence-electron chi connectivity index (χ2n) is 2.74. The van der Waals surface area contributed by atoms with Crippen LogP contribution in [0, 0.1) is 0 Å². The summed E-state index contributed by atoms with van der Waals surface area (Å²) in [7, 11) is 0. The third-order valence-corrected chi connectivity index (χ3v) is 1.75. The Balaban J connectivity index is 2.57. The normalized spacial score (nSPS) is 32.4. The highest BCUT2D eigenvalue weighted by Gasteiger charge is 2.37. The number of allylic oxidation sites excluding steroid dienone is 1. The molecule has 0 amide bonds. The molecular formula is C8H12O4. The van der Waals surface area contributed by atoms with Crippen LogP contribution in [0.5, 0.6) is 0 Å². The van der Waals surface area contributed by atoms with E-state index >= 15 is 0 Å². The molecule has 0 bridgehead atoms. The van der Waals surface area contributed by atoms with Crippen molar-refractivity contribution in [2.75, 3.05) is 0 Å². The summed E-state index contributed by atoms with van der Waals surface area (Å²) < 4.78 is 4.70. The number of carbonyl (C=O) groups excluding carboxylic acids is 1. The van der Waals surface area contributed by atoms with Gasteiger partial charge in [0.25, 0.3) is 0 Å². The first-order valence-electron chi connectivity index (χ1n) is 3.83. The minimum absolute atomic E-state index is 0.0285. The monoisotopic (exact) mass is 172 g/mol. The van der Waals surface area contributed by atoms with Gasteiger partial charge in [-0.05, 0) is 6.92 Å². The van der Waals surface area contributed by atoms with Gasteiger partial charge in [0.15, 0.2) is 6.10 Å². The van der Waals surface area contributed by atoms with Gasteiger partial charge in [0.2, 0.25) is 0 Å². The van der Waals surface area contributed by atoms with E-state index in [2.05, 4.69) is 0 Å². The zero-order valence-electron chi connectivity index (χ0n) is 6.80. The highest BCUT2D eigenvalue weighted by Crippen LogP contribution is 2.18. The van der Waals surface area contributed by atoms with Crippen LogP contribution in [0.3, 0.4) is 0 Å². The van der Waals surface area contributed by atoms with E-state index in [-0.39, 0.29) is 6.42 Å². The van der Waals surface area contributed by atoms with Crippen LogP contribution in [0.4, 0.5) is 0 Å². The molecule has 2 N–H and O–H groups in total. The zero-order chi connectivity index (χ0) is 9.14. The minimum Gasteiger partial charge on any atom is -0.456 e. The lowest BCUT2D eigenvalue weighted by molar-refractivity contribution is -0.145. The highest BCUT2D eigenvalue weighted by atomic mass is 16.6. The first-order chi connectivity index (χ1) is 5.65. The van der Waals surface area contributed by atoms with Crippen molar-refractivity contribution in [1.82, 2.24) is 0 Å². The van der Waals surface area contributed by atoms with Crippen LogP contribution in [-0.2, 0) is 9.53 Å². The molecule has 1 heterocycles. The van der Waals surface area contributed by atoms with Gasteiger partial charge in [-0.1, -0.05) is 12.2 Å². The number of hydrogen-bond acceptors (Lipinski definition) is 4. The Morgan fingerprint density at radius 2 is 2.42 bits per heavy atom. The fourth-order valence-corrected chi connectivity index (χ4v) is 1.17. The number of ether oxygens (including phenoxy) is 1. The number of hydrogen-bond donors (Lipinski definition) is 2. The molecular weight excluding hydrogens is 160 g/mol. The fraction of sp³-hybridized carbons (Fsp3) is 0.625. The van der Waals surface area contributed by atoms with Gasteiger partial charge in [0, 0.05) is 0 Å². The maximum absolute atomic E-state index is 10.7. The summed E-state index contributed by atoms with van der Waals surface area (Å²) in [6, 6.07) is 0. The van der Waals surface area contributed by atoms with Crippen LogP contribution in [0.25, 0.3) is 0 Å². The standard InChI is InChI=1S/C8H12O4/c1-2-3-5(9)8-6(10)4-7(11)12-8/h2-3,5-6,8-10H,4H2,1H3. The average molecular weight is 172 g/mol. The predicted octanol–water partition coefficient (Wildman–Crippen LogP) is -0.400. The molecule has 1 aliphatic heterocycles. The molecule has 68 valence electrons. The lowest BCUT2D eigenvalue weighted by Gasteiger charge is -2.16. The molecule has 0 aromatic carbocycles. The molecule has 1 aliphatic rings. The van der Waals surface area contributed by atoms with Crippen LogP contribution in [0.2, 0.25) is 0 Å². The lowest BCUT2D eigenvalue weighted by Crippen LogP contribution is -2.32. The van der Waals surface area contributed by atoms with Crippen molar-refractivity contribution in [2.45, 2.75) is 31.7 Å². The van der Waals surface area contributed by atoms with Crippen molar-refractivity contribution >= 4 is 5.97 Å². The van der Waals surface area contributed by atoms with E-state index in [1.807, 2.05) is 0 Å². The summed E-state index contributed by atoms with van der Waals surface area (Å²) in [5, 5.41) is 18.5. The Bertz CT molecular complexity index is 199. The second kappa shape index (κ2) is 3.69. The lowest BCUT2D eigenvalue weighted by atomic mass is 10.1. The zero-order valence-corrected chi connectivity index (χ0v) is 6.80. The quantitative estimate of drug-likeness (QED) is 0.439. The van der Waals surface area contributed by atoms with E-state index in [1.54, 1.807) is 13.0 Å². The van der Waals surface area contributed by atoms with Gasteiger partial charge >= 0.3 is 5.97 Å². The van der Waals surface area contributed by atoms with Gasteiger partial charge in [-0.25, -0.2) is 0 Å². The topological polar surface area (TPSA) is 66.8 Å². The highest BCUT2D eigenvalue weighted by molar-refractivity contribution is 5.72. The van der Waals surface area contributed by atoms with Gasteiger partial charge in [0.1, 0.15) is 12.2 Å². The molecule has 0 spiro atoms. The molecule has 1 fully saturated rings. The molecule has 4 nitrogen and oxygen atoms in total. The second-order valence-corrected chi connectivity index (χ2v) is 2.74. The Labute approximate surface area is 70.5 Å². The summed E-state index contributed by atoms with van der Waals surface area (Å²) in [5.41, 5.74) is 0. The summed E-state index contributed by atoms with van der Waals surface area (Å²) in [5.74, 6) is -0.462. The largest absolute Gasteiger partial charge is 0.456 e. The number of cyclic esters (lactones) is 1. The molecule has 12 heavy (non-hydrogen) atoms. The average Bonchev–Trinajstić information content (AvgIpc) is 2.30. The molecule has 3 unspecified atom stereocenters. The molecule has 0 saturated carbocycles. The smallest absolute Gasteiger partial charge is 0.309 e. The summed E-state index contributed by atoms with van der Waals surface area (Å²) >= 11 is 0. The molecule has 0 aliphatic carbocycles. The number of aliphatic hydroxyl groups excluding tert-OH is 2. The van der Waals surface area contributed by atoms with Crippen LogP contribution in [0.15, 0.2) is 12.2 Å². The third-order valence-electron chi connectivity index (χ3n) is 1.75. The number of esters is 1. The van der Waals surface area contributed by atoms with Crippen molar-refractivity contribution in [3.63, 3.8) is 0 Å². The minimum atomic E-state index is -0.906. The van der Waals surface area contributed by atoms with Gasteiger partial charge in [-0.2, -0.15) is 0 Å². The number of carbonyl (C=O) groups is 1. The van der Waals surface area contributed by atoms with Crippen molar-refractivity contribution < 1.29 is 19.7 Å². The molecule has 4 heteroatoms. The van der Waals surface area contributed by atoms with Gasteiger partial charge in [0.05, 0.1) is 6.42 Å². The first-order valence-corrected chi connectivity index (χ1v) is 3.83. The van der Waals surface area contributed by atoms with Crippen LogP contribution in [-0.4, -0.2) is 34.5 Å². The molecule has 0 aromatic rings. The van der Waals surface area contributed by atoms with E-state index in [4.69, 9.17) is 4.74 Å². The van der Waals surface area contributed by atoms with Gasteiger partial charge in [-0.3, -0.25) is 4.79 Å². The summed E-state index contributed by atoms with van der Waals surface area (Å²) in [6.07, 6.45) is 0.504. The summed E-state index contributed by atoms with van der Waals surface area (Å²) in [4.78, 5) is 10.7. The number of rotatable bonds is 2. The molecule has 3 atom stereocenters. The molecule has 0 radical (unpaired) electrons. The van der Waals surface area contributed by atoms with Crippen molar-refractivity contribution in [3.05, 3.63) is 12.2 Å². The maximum Gasteiger partial charge on any atom is 0.309 e. The van der Waals surface area contributed by atoms with Crippen LogP contribution < -0.4 is 0 Å². The van der Waals surface area contributed by atoms with Crippen molar-refractivity contribution in [2.24, 2.45) is 0 Å². The van der Waals surface area contributed by atoms with E-state index < -0.39 is 24.3 Å². The fourth-order valence-electron chi connectivity index (χ4n) is 1.17. The van der Waals surface area contributed by atoms with Crippen LogP contribution >= 0.6 is 0 Å². The third kappa shape index (κ3) is 1.84.